The van der Waals surface area contributed by atoms with Crippen molar-refractivity contribution >= 4 is 28.4 Å². The molecule has 0 aliphatic carbocycles. The molecule has 5 aromatic rings. The number of rotatable bonds is 4. The van der Waals surface area contributed by atoms with E-state index in [0.717, 1.165) is 24.3 Å². The van der Waals surface area contributed by atoms with Gasteiger partial charge in [0.05, 0.1) is 16.6 Å². The van der Waals surface area contributed by atoms with Crippen LogP contribution >= 0.6 is 0 Å². The third-order valence-electron chi connectivity index (χ3n) is 6.16. The molecule has 5 nitrogen and oxygen atoms in total. The van der Waals surface area contributed by atoms with Crippen molar-refractivity contribution in [2.45, 2.75) is 12.4 Å². The van der Waals surface area contributed by atoms with Gasteiger partial charge in [-0.3, -0.25) is 4.79 Å². The van der Waals surface area contributed by atoms with Crippen molar-refractivity contribution in [3.8, 4) is 22.3 Å². The fourth-order valence-electron chi connectivity index (χ4n) is 4.32. The van der Waals surface area contributed by atoms with Crippen LogP contribution in [0.3, 0.4) is 0 Å². The highest BCUT2D eigenvalue weighted by Crippen LogP contribution is 2.41. The number of nitrogens with two attached hydrogens (primary N) is 1. The van der Waals surface area contributed by atoms with Gasteiger partial charge < -0.3 is 11.1 Å². The number of carbonyl (C=O) groups excluding carboxylic acids is 1. The third kappa shape index (κ3) is 5.44. The molecule has 0 saturated heterocycles. The molecule has 0 aliphatic heterocycles. The zero-order valence-electron chi connectivity index (χ0n) is 20.3. The zero-order valence-corrected chi connectivity index (χ0v) is 20.3. The molecule has 0 bridgehead atoms. The van der Waals surface area contributed by atoms with E-state index in [2.05, 4.69) is 15.3 Å². The molecule has 0 atom stereocenters. The summed E-state index contributed by atoms with van der Waals surface area (Å²) in [7, 11) is 0. The predicted molar refractivity (Wildman–Crippen MR) is 139 cm³/mol. The van der Waals surface area contributed by atoms with E-state index < -0.39 is 29.4 Å². The van der Waals surface area contributed by atoms with Gasteiger partial charge in [-0.15, -0.1) is 0 Å². The van der Waals surface area contributed by atoms with Gasteiger partial charge in [0.1, 0.15) is 0 Å². The summed E-state index contributed by atoms with van der Waals surface area (Å²) in [4.78, 5) is 21.2. The highest BCUT2D eigenvalue weighted by Gasteiger charge is 2.34. The van der Waals surface area contributed by atoms with Crippen LogP contribution < -0.4 is 11.1 Å². The monoisotopic (exact) mass is 552 g/mol. The lowest BCUT2D eigenvalue weighted by Gasteiger charge is -2.17. The Kier molecular flexibility index (Phi) is 6.66. The van der Waals surface area contributed by atoms with E-state index in [4.69, 9.17) is 5.73 Å². The summed E-state index contributed by atoms with van der Waals surface area (Å²) in [6.45, 7) is 0. The first-order valence-electron chi connectivity index (χ1n) is 11.7. The van der Waals surface area contributed by atoms with Crippen molar-refractivity contribution in [2.75, 3.05) is 11.1 Å². The maximum absolute atomic E-state index is 13.9. The Morgan fingerprint density at radius 2 is 1.52 bits per heavy atom. The molecule has 0 saturated carbocycles. The van der Waals surface area contributed by atoms with Crippen LogP contribution in [0.5, 0.6) is 0 Å². The van der Waals surface area contributed by atoms with Gasteiger partial charge in [0.2, 0.25) is 5.95 Å². The second-order valence-electron chi connectivity index (χ2n) is 8.84. The molecule has 0 spiro atoms. The molecule has 4 aromatic carbocycles. The first-order chi connectivity index (χ1) is 18.9. The van der Waals surface area contributed by atoms with E-state index in [1.165, 1.54) is 48.7 Å². The molecule has 0 radical (unpaired) electrons. The van der Waals surface area contributed by atoms with Crippen molar-refractivity contribution in [3.63, 3.8) is 0 Å². The molecule has 1 aromatic heterocycles. The van der Waals surface area contributed by atoms with Gasteiger partial charge in [0.15, 0.2) is 0 Å². The number of carbonyl (C=O) groups is 1. The maximum atomic E-state index is 13.9. The van der Waals surface area contributed by atoms with E-state index in [1.54, 1.807) is 18.2 Å². The Labute approximate surface area is 223 Å². The van der Waals surface area contributed by atoms with Crippen LogP contribution in [0, 0.1) is 0 Å². The van der Waals surface area contributed by atoms with E-state index >= 15 is 0 Å². The molecular weight excluding hydrogens is 534 g/mol. The average Bonchev–Trinajstić information content (AvgIpc) is 2.91. The number of amides is 1. The summed E-state index contributed by atoms with van der Waals surface area (Å²) in [6, 6.07) is 18.2. The van der Waals surface area contributed by atoms with Crippen LogP contribution in [-0.4, -0.2) is 15.9 Å². The van der Waals surface area contributed by atoms with E-state index in [0.29, 0.717) is 16.5 Å². The number of nitrogens with one attached hydrogen (secondary N) is 1. The smallest absolute Gasteiger partial charge is 0.368 e. The normalized spacial score (nSPS) is 11.9. The molecule has 0 fully saturated rings. The minimum Gasteiger partial charge on any atom is -0.368 e. The number of hydrogen-bond acceptors (Lipinski definition) is 4. The number of halogens is 6. The fraction of sp³-hybridized carbons (Fsp3) is 0.0690. The average molecular weight is 552 g/mol. The Morgan fingerprint density at radius 3 is 2.27 bits per heavy atom. The largest absolute Gasteiger partial charge is 0.417 e. The lowest BCUT2D eigenvalue weighted by molar-refractivity contribution is -0.138. The molecule has 40 heavy (non-hydrogen) atoms. The molecular formula is C29H18F6N4O. The topological polar surface area (TPSA) is 80.9 Å². The zero-order chi connectivity index (χ0) is 28.7. The minimum absolute atomic E-state index is 0.0225. The van der Waals surface area contributed by atoms with Crippen molar-refractivity contribution in [2.24, 2.45) is 0 Å². The van der Waals surface area contributed by atoms with Crippen molar-refractivity contribution in [1.29, 1.82) is 0 Å². The highest BCUT2D eigenvalue weighted by molar-refractivity contribution is 6.06. The Morgan fingerprint density at radius 1 is 0.750 bits per heavy atom. The fourth-order valence-corrected chi connectivity index (χ4v) is 4.32. The number of fused-ring (bicyclic) bond motifs is 1. The van der Waals surface area contributed by atoms with Gasteiger partial charge in [-0.2, -0.15) is 26.3 Å². The third-order valence-corrected chi connectivity index (χ3v) is 6.16. The minimum atomic E-state index is -4.65. The predicted octanol–water partition coefficient (Wildman–Crippen LogP) is 7.84. The van der Waals surface area contributed by atoms with Gasteiger partial charge in [0.25, 0.3) is 5.91 Å². The highest BCUT2D eigenvalue weighted by atomic mass is 19.4. The molecule has 1 heterocycles. The van der Waals surface area contributed by atoms with Crippen molar-refractivity contribution in [3.05, 3.63) is 108 Å². The molecule has 0 aliphatic rings. The second-order valence-corrected chi connectivity index (χ2v) is 8.84. The van der Waals surface area contributed by atoms with Crippen LogP contribution in [0.4, 0.5) is 38.0 Å². The SMILES string of the molecule is Nc1ncc2cc(-c3cc(C(=O)Nc4cccc(C(F)(F)F)c4)ccc3-c3ccccc3C(F)(F)F)ccc2n1. The summed E-state index contributed by atoms with van der Waals surface area (Å²) in [5, 5.41) is 2.98. The molecule has 3 N–H and O–H groups in total. The van der Waals surface area contributed by atoms with Gasteiger partial charge >= 0.3 is 12.4 Å². The first-order valence-corrected chi connectivity index (χ1v) is 11.7. The number of anilines is 2. The number of nitrogens with zero attached hydrogens (tertiary/aromatic N) is 2. The number of alkyl halides is 6. The van der Waals surface area contributed by atoms with Crippen LogP contribution in [0.1, 0.15) is 21.5 Å². The molecule has 0 unspecified atom stereocenters. The number of benzene rings is 4. The van der Waals surface area contributed by atoms with E-state index in [1.807, 2.05) is 0 Å². The van der Waals surface area contributed by atoms with Gasteiger partial charge in [-0.1, -0.05) is 36.4 Å². The number of nitrogen functional groups attached to an aromatic ring is 1. The summed E-state index contributed by atoms with van der Waals surface area (Å²) < 4.78 is 81.1. The number of aromatic nitrogens is 2. The Bertz CT molecular complexity index is 1750. The molecule has 11 heteroatoms. The van der Waals surface area contributed by atoms with Gasteiger partial charge in [0, 0.05) is 22.8 Å². The molecule has 1 amide bonds. The van der Waals surface area contributed by atoms with Gasteiger partial charge in [-0.25, -0.2) is 9.97 Å². The van der Waals surface area contributed by atoms with Gasteiger partial charge in [-0.05, 0) is 70.8 Å². The Balaban J connectivity index is 1.63. The lowest BCUT2D eigenvalue weighted by atomic mass is 9.89. The quantitative estimate of drug-likeness (QED) is 0.223. The summed E-state index contributed by atoms with van der Waals surface area (Å²) in [6.07, 6.45) is -7.79. The lowest BCUT2D eigenvalue weighted by Crippen LogP contribution is -2.13. The molecule has 202 valence electrons. The Hall–Kier alpha value is -4.93. The van der Waals surface area contributed by atoms with Crippen LogP contribution in [0.15, 0.2) is 91.1 Å². The maximum Gasteiger partial charge on any atom is 0.417 e. The van der Waals surface area contributed by atoms with E-state index in [9.17, 15) is 31.1 Å². The van der Waals surface area contributed by atoms with E-state index in [-0.39, 0.29) is 33.9 Å². The first kappa shape index (κ1) is 26.7. The standard InChI is InChI=1S/C29H18F6N4O/c30-28(31,32)19-4-3-5-20(14-19)38-26(40)17-8-10-21(22-6-1-2-7-24(22)29(33,34)35)23(13-17)16-9-11-25-18(12-16)15-37-27(36)39-25/h1-15H,(H,38,40)(H2,36,37,39). The van der Waals surface area contributed by atoms with Crippen molar-refractivity contribution in [1.82, 2.24) is 9.97 Å². The van der Waals surface area contributed by atoms with Crippen LogP contribution in [0.2, 0.25) is 0 Å². The van der Waals surface area contributed by atoms with Crippen molar-refractivity contribution < 1.29 is 31.1 Å². The summed E-state index contributed by atoms with van der Waals surface area (Å²) in [5.41, 5.74) is 5.11. The molecule has 5 rings (SSSR count). The summed E-state index contributed by atoms with van der Waals surface area (Å²) in [5.74, 6) is -0.693. The van der Waals surface area contributed by atoms with Crippen LogP contribution in [-0.2, 0) is 12.4 Å². The summed E-state index contributed by atoms with van der Waals surface area (Å²) >= 11 is 0. The van der Waals surface area contributed by atoms with Crippen LogP contribution in [0.25, 0.3) is 33.2 Å². The number of hydrogen-bond donors (Lipinski definition) is 2. The second kappa shape index (κ2) is 9.99.